The van der Waals surface area contributed by atoms with Crippen molar-refractivity contribution in [2.24, 2.45) is 0 Å². The topological polar surface area (TPSA) is 104 Å². The van der Waals surface area contributed by atoms with E-state index in [9.17, 15) is 18.3 Å². The fourth-order valence-electron chi connectivity index (χ4n) is 0.387. The van der Waals surface area contributed by atoms with Crippen molar-refractivity contribution < 1.29 is 31.5 Å². The van der Waals surface area contributed by atoms with Crippen LogP contribution >= 0.6 is 0 Å². The lowest BCUT2D eigenvalue weighted by Crippen LogP contribution is -2.45. The normalized spacial score (nSPS) is 11.5. The molecule has 14 heavy (non-hydrogen) atoms. The smallest absolute Gasteiger partial charge is 0.397 e. The third-order valence-electron chi connectivity index (χ3n) is 0.814. The van der Waals surface area contributed by atoms with Crippen molar-refractivity contribution in [3.8, 4) is 0 Å². The predicted octanol–water partition coefficient (Wildman–Crippen LogP) is -2.12. The van der Waals surface area contributed by atoms with Crippen molar-refractivity contribution in [3.63, 3.8) is 0 Å². The lowest BCUT2D eigenvalue weighted by atomic mass is 10.5. The summed E-state index contributed by atoms with van der Waals surface area (Å²) in [5, 5.41) is 9.89. The van der Waals surface area contributed by atoms with Gasteiger partial charge >= 0.3 is 10.4 Å². The van der Waals surface area contributed by atoms with Crippen LogP contribution in [0.2, 0.25) is 0 Å². The monoisotopic (exact) mass is 229 g/mol. The van der Waals surface area contributed by atoms with E-state index >= 15 is 0 Å². The van der Waals surface area contributed by atoms with Gasteiger partial charge in [0.2, 0.25) is 0 Å². The van der Waals surface area contributed by atoms with Gasteiger partial charge in [-0.2, -0.15) is 8.42 Å². The van der Waals surface area contributed by atoms with Crippen LogP contribution in [0.5, 0.6) is 0 Å². The maximum absolute atomic E-state index is 9.89. The Kier molecular flexibility index (Phi) is 6.65. The van der Waals surface area contributed by atoms with Gasteiger partial charge in [0, 0.05) is 0 Å². The van der Waals surface area contributed by atoms with Gasteiger partial charge in [-0.1, -0.05) is 0 Å². The Morgan fingerprint density at radius 2 is 1.71 bits per heavy atom. The molecule has 0 rings (SSSR count). The van der Waals surface area contributed by atoms with E-state index < -0.39 is 16.4 Å². The van der Waals surface area contributed by atoms with Crippen LogP contribution in [0, 0.1) is 0 Å². The number of carboxylic acid groups (broad SMARTS) is 1. The van der Waals surface area contributed by atoms with Gasteiger partial charge in [-0.05, 0) is 0 Å². The summed E-state index contributed by atoms with van der Waals surface area (Å²) in [7, 11) is 2.11. The molecule has 0 saturated carbocycles. The number of hydrogen-bond acceptors (Lipinski definition) is 5. The molecule has 0 saturated heterocycles. The van der Waals surface area contributed by atoms with Crippen molar-refractivity contribution in [3.05, 3.63) is 0 Å². The van der Waals surface area contributed by atoms with Crippen LogP contribution in [0.4, 0.5) is 0 Å². The second-order valence-electron chi connectivity index (χ2n) is 3.41. The van der Waals surface area contributed by atoms with E-state index in [2.05, 4.69) is 4.18 Å². The molecule has 0 aliphatic carbocycles. The fourth-order valence-corrected chi connectivity index (χ4v) is 0.387. The number of carbonyl (C=O) groups excluding carboxylic acids is 1. The average molecular weight is 229 g/mol. The molecule has 0 spiro atoms. The molecular formula is C6H15NO6S. The Hall–Kier alpha value is -0.700. The Morgan fingerprint density at radius 1 is 1.43 bits per heavy atom. The highest BCUT2D eigenvalue weighted by atomic mass is 32.3. The van der Waals surface area contributed by atoms with E-state index in [-0.39, 0.29) is 6.54 Å². The number of rotatable bonds is 3. The summed E-state index contributed by atoms with van der Waals surface area (Å²) in [6.07, 6.45) is 0. The highest BCUT2D eigenvalue weighted by Gasteiger charge is 2.04. The van der Waals surface area contributed by atoms with Crippen molar-refractivity contribution in [1.29, 1.82) is 0 Å². The minimum absolute atomic E-state index is 0.0694. The first-order valence-corrected chi connectivity index (χ1v) is 4.88. The fraction of sp³-hybridized carbons (Fsp3) is 0.833. The largest absolute Gasteiger partial charge is 0.544 e. The molecule has 0 atom stereocenters. The van der Waals surface area contributed by atoms with Gasteiger partial charge in [0.25, 0.3) is 0 Å². The zero-order chi connectivity index (χ0) is 12.0. The second kappa shape index (κ2) is 5.91. The van der Waals surface area contributed by atoms with Crippen LogP contribution in [0.1, 0.15) is 0 Å². The molecule has 8 heteroatoms. The van der Waals surface area contributed by atoms with Gasteiger partial charge in [-0.15, -0.1) is 0 Å². The molecule has 0 unspecified atom stereocenters. The van der Waals surface area contributed by atoms with Gasteiger partial charge in [0.1, 0.15) is 6.54 Å². The molecule has 0 fully saturated rings. The summed E-state index contributed by atoms with van der Waals surface area (Å²) < 4.78 is 30.1. The van der Waals surface area contributed by atoms with E-state index in [4.69, 9.17) is 4.55 Å². The predicted molar refractivity (Wildman–Crippen MR) is 46.5 cm³/mol. The zero-order valence-electron chi connectivity index (χ0n) is 8.55. The molecule has 0 aliphatic rings. The molecule has 0 amide bonds. The van der Waals surface area contributed by atoms with Gasteiger partial charge in [0.15, 0.2) is 0 Å². The molecule has 1 N–H and O–H groups in total. The number of carbonyl (C=O) groups is 1. The highest BCUT2D eigenvalue weighted by Crippen LogP contribution is 1.84. The van der Waals surface area contributed by atoms with Crippen LogP contribution in [0.15, 0.2) is 0 Å². The third-order valence-corrected chi connectivity index (χ3v) is 1.24. The van der Waals surface area contributed by atoms with E-state index in [0.29, 0.717) is 4.48 Å². The van der Waals surface area contributed by atoms with Crippen molar-refractivity contribution in [1.82, 2.24) is 0 Å². The Bertz CT molecular complexity index is 265. The molecule has 86 valence electrons. The lowest BCUT2D eigenvalue weighted by molar-refractivity contribution is -0.864. The van der Waals surface area contributed by atoms with E-state index in [1.54, 1.807) is 21.1 Å². The van der Waals surface area contributed by atoms with Gasteiger partial charge < -0.3 is 14.4 Å². The SMILES string of the molecule is COS(=O)(=O)O.C[N+](C)(C)CC(=O)[O-]. The molecule has 0 aliphatic heterocycles. The first-order chi connectivity index (χ1) is 5.98. The highest BCUT2D eigenvalue weighted by molar-refractivity contribution is 7.80. The quantitative estimate of drug-likeness (QED) is 0.438. The summed E-state index contributed by atoms with van der Waals surface area (Å²) in [6.45, 7) is 0.0694. The minimum atomic E-state index is -4.16. The number of aliphatic carboxylic acids is 1. The standard InChI is InChI=1S/C5H11NO2.CH4O4S/c1-6(2,3)4-5(7)8;1-5-6(2,3)4/h4H2,1-3H3;1H3,(H,2,3,4). The molecule has 7 nitrogen and oxygen atoms in total. The molecule has 0 heterocycles. The first kappa shape index (κ1) is 15.8. The van der Waals surface area contributed by atoms with Crippen LogP contribution in [0.25, 0.3) is 0 Å². The number of hydrogen-bond donors (Lipinski definition) is 1. The van der Waals surface area contributed by atoms with Crippen molar-refractivity contribution >= 4 is 16.4 Å². The van der Waals surface area contributed by atoms with E-state index in [1.807, 2.05) is 0 Å². The summed E-state index contributed by atoms with van der Waals surface area (Å²) in [6, 6.07) is 0. The number of quaternary nitrogens is 1. The van der Waals surface area contributed by atoms with Crippen LogP contribution < -0.4 is 5.11 Å². The second-order valence-corrected chi connectivity index (χ2v) is 4.60. The Morgan fingerprint density at radius 3 is 1.71 bits per heavy atom. The minimum Gasteiger partial charge on any atom is -0.544 e. The summed E-state index contributed by atoms with van der Waals surface area (Å²) in [4.78, 5) is 9.89. The third kappa shape index (κ3) is 22.5. The maximum atomic E-state index is 9.89. The number of carboxylic acids is 1. The van der Waals surface area contributed by atoms with Gasteiger partial charge in [-0.3, -0.25) is 8.74 Å². The van der Waals surface area contributed by atoms with Gasteiger partial charge in [0.05, 0.1) is 34.2 Å². The molecule has 0 bridgehead atoms. The van der Waals surface area contributed by atoms with Gasteiger partial charge in [-0.25, -0.2) is 0 Å². The molecular weight excluding hydrogens is 214 g/mol. The van der Waals surface area contributed by atoms with Crippen molar-refractivity contribution in [2.45, 2.75) is 0 Å². The van der Waals surface area contributed by atoms with Crippen LogP contribution in [-0.4, -0.2) is 58.2 Å². The lowest BCUT2D eigenvalue weighted by Gasteiger charge is -2.23. The van der Waals surface area contributed by atoms with E-state index in [0.717, 1.165) is 7.11 Å². The number of nitrogens with zero attached hydrogens (tertiary/aromatic N) is 1. The summed E-state index contributed by atoms with van der Waals surface area (Å²) >= 11 is 0. The molecule has 0 radical (unpaired) electrons. The summed E-state index contributed by atoms with van der Waals surface area (Å²) in [5.74, 6) is -1.00. The zero-order valence-corrected chi connectivity index (χ0v) is 9.37. The average Bonchev–Trinajstić information content (AvgIpc) is 1.81. The summed E-state index contributed by atoms with van der Waals surface area (Å²) in [5.41, 5.74) is 0. The van der Waals surface area contributed by atoms with Crippen LogP contribution in [0.3, 0.4) is 0 Å². The molecule has 0 aromatic carbocycles. The van der Waals surface area contributed by atoms with E-state index in [1.165, 1.54) is 0 Å². The maximum Gasteiger partial charge on any atom is 0.397 e. The van der Waals surface area contributed by atoms with Crippen LogP contribution in [-0.2, 0) is 19.4 Å². The first-order valence-electron chi connectivity index (χ1n) is 3.51. The van der Waals surface area contributed by atoms with Crippen molar-refractivity contribution in [2.75, 3.05) is 34.8 Å². The number of likely N-dealkylation sites (N-methyl/N-ethyl adjacent to an activating group) is 1. The Balaban J connectivity index is 0. The Labute approximate surface area is 83.4 Å². The molecule has 0 aromatic rings. The molecule has 0 aromatic heterocycles.